The van der Waals surface area contributed by atoms with Crippen LogP contribution >= 0.6 is 0 Å². The SMILES string of the molecule is COCCN1CCC(N)C1c1ccc(F)cc1F. The smallest absolute Gasteiger partial charge is 0.130 e. The quantitative estimate of drug-likeness (QED) is 0.891. The van der Waals surface area contributed by atoms with Crippen molar-refractivity contribution in [3.05, 3.63) is 35.4 Å². The highest BCUT2D eigenvalue weighted by atomic mass is 19.1. The van der Waals surface area contributed by atoms with Gasteiger partial charge in [-0.2, -0.15) is 0 Å². The van der Waals surface area contributed by atoms with Crippen LogP contribution in [0.4, 0.5) is 8.78 Å². The van der Waals surface area contributed by atoms with E-state index in [1.165, 1.54) is 12.1 Å². The Hall–Kier alpha value is -1.04. The maximum Gasteiger partial charge on any atom is 0.130 e. The Bertz CT molecular complexity index is 414. The van der Waals surface area contributed by atoms with Crippen LogP contribution in [0.3, 0.4) is 0 Å². The molecule has 1 aromatic rings. The number of nitrogens with two attached hydrogens (primary N) is 1. The second kappa shape index (κ2) is 5.73. The summed E-state index contributed by atoms with van der Waals surface area (Å²) in [5, 5.41) is 0. The molecule has 18 heavy (non-hydrogen) atoms. The van der Waals surface area contributed by atoms with E-state index in [1.54, 1.807) is 7.11 Å². The van der Waals surface area contributed by atoms with Crippen LogP contribution in [0.25, 0.3) is 0 Å². The van der Waals surface area contributed by atoms with Crippen molar-refractivity contribution in [2.45, 2.75) is 18.5 Å². The van der Waals surface area contributed by atoms with Gasteiger partial charge in [0.25, 0.3) is 0 Å². The van der Waals surface area contributed by atoms with Crippen LogP contribution in [0.5, 0.6) is 0 Å². The minimum Gasteiger partial charge on any atom is -0.383 e. The molecule has 2 atom stereocenters. The van der Waals surface area contributed by atoms with Gasteiger partial charge in [0.2, 0.25) is 0 Å². The van der Waals surface area contributed by atoms with Crippen molar-refractivity contribution in [1.82, 2.24) is 4.90 Å². The van der Waals surface area contributed by atoms with Crippen LogP contribution in [0.15, 0.2) is 18.2 Å². The molecule has 1 aliphatic rings. The van der Waals surface area contributed by atoms with E-state index in [2.05, 4.69) is 4.90 Å². The topological polar surface area (TPSA) is 38.5 Å². The maximum atomic E-state index is 13.8. The zero-order valence-corrected chi connectivity index (χ0v) is 10.4. The summed E-state index contributed by atoms with van der Waals surface area (Å²) in [4.78, 5) is 2.09. The molecule has 0 aromatic heterocycles. The molecule has 1 aliphatic heterocycles. The van der Waals surface area contributed by atoms with Gasteiger partial charge < -0.3 is 10.5 Å². The largest absolute Gasteiger partial charge is 0.383 e. The summed E-state index contributed by atoms with van der Waals surface area (Å²) in [6.45, 7) is 2.09. The number of benzene rings is 1. The Kier molecular flexibility index (Phi) is 4.27. The van der Waals surface area contributed by atoms with Crippen molar-refractivity contribution in [3.8, 4) is 0 Å². The molecular weight excluding hydrogens is 238 g/mol. The molecule has 0 amide bonds. The fourth-order valence-corrected chi connectivity index (χ4v) is 2.51. The minimum absolute atomic E-state index is 0.123. The summed E-state index contributed by atoms with van der Waals surface area (Å²) in [6.07, 6.45) is 0.811. The Balaban J connectivity index is 2.22. The van der Waals surface area contributed by atoms with E-state index in [9.17, 15) is 8.78 Å². The lowest BCUT2D eigenvalue weighted by atomic mass is 10.00. The zero-order valence-electron chi connectivity index (χ0n) is 10.4. The highest BCUT2D eigenvalue weighted by Crippen LogP contribution is 2.32. The lowest BCUT2D eigenvalue weighted by molar-refractivity contribution is 0.138. The van der Waals surface area contributed by atoms with E-state index in [4.69, 9.17) is 10.5 Å². The summed E-state index contributed by atoms with van der Waals surface area (Å²) >= 11 is 0. The van der Waals surface area contributed by atoms with Gasteiger partial charge in [-0.1, -0.05) is 6.07 Å². The standard InChI is InChI=1S/C13H18F2N2O/c1-18-7-6-17-5-4-12(16)13(17)10-3-2-9(14)8-11(10)15/h2-3,8,12-13H,4-7,16H2,1H3. The second-order valence-corrected chi connectivity index (χ2v) is 4.59. The molecule has 0 radical (unpaired) electrons. The molecule has 0 spiro atoms. The van der Waals surface area contributed by atoms with Gasteiger partial charge in [0.05, 0.1) is 12.6 Å². The summed E-state index contributed by atoms with van der Waals surface area (Å²) in [7, 11) is 1.63. The van der Waals surface area contributed by atoms with E-state index < -0.39 is 11.6 Å². The van der Waals surface area contributed by atoms with Gasteiger partial charge in [0.15, 0.2) is 0 Å². The molecule has 0 saturated carbocycles. The van der Waals surface area contributed by atoms with Crippen LogP contribution in [-0.4, -0.2) is 37.7 Å². The van der Waals surface area contributed by atoms with E-state index in [1.807, 2.05) is 0 Å². The normalized spacial score (nSPS) is 24.7. The Morgan fingerprint density at radius 2 is 2.22 bits per heavy atom. The number of nitrogens with zero attached hydrogens (tertiary/aromatic N) is 1. The third-order valence-corrected chi connectivity index (χ3v) is 3.41. The molecule has 2 N–H and O–H groups in total. The first-order valence-corrected chi connectivity index (χ1v) is 6.07. The molecule has 1 aromatic carbocycles. The molecule has 0 aliphatic carbocycles. The van der Waals surface area contributed by atoms with E-state index in [0.717, 1.165) is 19.0 Å². The molecule has 1 saturated heterocycles. The van der Waals surface area contributed by atoms with Gasteiger partial charge in [0, 0.05) is 37.9 Å². The molecule has 1 heterocycles. The molecule has 100 valence electrons. The molecule has 2 rings (SSSR count). The zero-order chi connectivity index (χ0) is 13.1. The van der Waals surface area contributed by atoms with Crippen molar-refractivity contribution in [2.24, 2.45) is 5.73 Å². The highest BCUT2D eigenvalue weighted by Gasteiger charge is 2.34. The van der Waals surface area contributed by atoms with Gasteiger partial charge in [-0.25, -0.2) is 8.78 Å². The Labute approximate surface area is 106 Å². The third kappa shape index (κ3) is 2.68. The fraction of sp³-hybridized carbons (Fsp3) is 0.538. The summed E-state index contributed by atoms with van der Waals surface area (Å²) in [6, 6.07) is 3.36. The first-order valence-electron chi connectivity index (χ1n) is 6.07. The molecule has 0 bridgehead atoms. The fourth-order valence-electron chi connectivity index (χ4n) is 2.51. The monoisotopic (exact) mass is 256 g/mol. The number of methoxy groups -OCH3 is 1. The number of hydrogen-bond donors (Lipinski definition) is 1. The van der Waals surface area contributed by atoms with E-state index in [-0.39, 0.29) is 12.1 Å². The molecular formula is C13H18F2N2O. The predicted molar refractivity (Wildman–Crippen MR) is 65.1 cm³/mol. The van der Waals surface area contributed by atoms with Crippen molar-refractivity contribution in [3.63, 3.8) is 0 Å². The summed E-state index contributed by atoms with van der Waals surface area (Å²) in [5.74, 6) is -1.09. The first kappa shape index (κ1) is 13.4. The van der Waals surface area contributed by atoms with Gasteiger partial charge in [0.1, 0.15) is 11.6 Å². The van der Waals surface area contributed by atoms with Crippen molar-refractivity contribution >= 4 is 0 Å². The molecule has 1 fully saturated rings. The Morgan fingerprint density at radius 1 is 1.44 bits per heavy atom. The number of hydrogen-bond acceptors (Lipinski definition) is 3. The van der Waals surface area contributed by atoms with Crippen LogP contribution in [-0.2, 0) is 4.74 Å². The number of rotatable bonds is 4. The lowest BCUT2D eigenvalue weighted by Gasteiger charge is -2.27. The minimum atomic E-state index is -0.564. The van der Waals surface area contributed by atoms with Gasteiger partial charge >= 0.3 is 0 Å². The average molecular weight is 256 g/mol. The van der Waals surface area contributed by atoms with Crippen LogP contribution < -0.4 is 5.73 Å². The molecule has 2 unspecified atom stereocenters. The second-order valence-electron chi connectivity index (χ2n) is 4.59. The van der Waals surface area contributed by atoms with Gasteiger partial charge in [-0.15, -0.1) is 0 Å². The van der Waals surface area contributed by atoms with Gasteiger partial charge in [-0.05, 0) is 12.5 Å². The Morgan fingerprint density at radius 3 is 2.89 bits per heavy atom. The van der Waals surface area contributed by atoms with E-state index in [0.29, 0.717) is 18.7 Å². The molecule has 3 nitrogen and oxygen atoms in total. The predicted octanol–water partition coefficient (Wildman–Crippen LogP) is 1.69. The lowest BCUT2D eigenvalue weighted by Crippen LogP contribution is -2.34. The maximum absolute atomic E-state index is 13.8. The number of ether oxygens (including phenoxy) is 1. The van der Waals surface area contributed by atoms with Crippen LogP contribution in [0.2, 0.25) is 0 Å². The third-order valence-electron chi connectivity index (χ3n) is 3.41. The summed E-state index contributed by atoms with van der Waals surface area (Å²) in [5.41, 5.74) is 6.51. The van der Waals surface area contributed by atoms with Crippen molar-refractivity contribution < 1.29 is 13.5 Å². The molecule has 5 heteroatoms. The van der Waals surface area contributed by atoms with Crippen LogP contribution in [0, 0.1) is 11.6 Å². The highest BCUT2D eigenvalue weighted by molar-refractivity contribution is 5.25. The first-order chi connectivity index (χ1) is 8.63. The van der Waals surface area contributed by atoms with Crippen molar-refractivity contribution in [2.75, 3.05) is 26.8 Å². The van der Waals surface area contributed by atoms with Gasteiger partial charge in [-0.3, -0.25) is 4.90 Å². The summed E-state index contributed by atoms with van der Waals surface area (Å²) < 4.78 is 31.8. The average Bonchev–Trinajstić information content (AvgIpc) is 2.68. The van der Waals surface area contributed by atoms with Crippen molar-refractivity contribution in [1.29, 1.82) is 0 Å². The number of likely N-dealkylation sites (tertiary alicyclic amines) is 1. The van der Waals surface area contributed by atoms with Crippen LogP contribution in [0.1, 0.15) is 18.0 Å². The van der Waals surface area contributed by atoms with E-state index >= 15 is 0 Å². The number of halogens is 2.